The molecule has 1 heterocycles. The summed E-state index contributed by atoms with van der Waals surface area (Å²) >= 11 is 0. The van der Waals surface area contributed by atoms with E-state index in [0.29, 0.717) is 6.07 Å². The molecule has 2 aromatic rings. The Hall–Kier alpha value is -3.08. The Balaban J connectivity index is 2.59. The molecule has 1 N–H and O–H groups in total. The van der Waals surface area contributed by atoms with Gasteiger partial charge in [-0.05, 0) is 12.1 Å². The Labute approximate surface area is 123 Å². The van der Waals surface area contributed by atoms with Crippen LogP contribution < -0.4 is 10.9 Å². The summed E-state index contributed by atoms with van der Waals surface area (Å²) in [5.41, 5.74) is -1.83. The van der Waals surface area contributed by atoms with Crippen LogP contribution in [0.15, 0.2) is 41.7 Å². The van der Waals surface area contributed by atoms with Gasteiger partial charge < -0.3 is 5.32 Å². The number of para-hydroxylation sites is 1. The average molecular weight is 306 g/mol. The summed E-state index contributed by atoms with van der Waals surface area (Å²) in [7, 11) is 0. The van der Waals surface area contributed by atoms with Crippen LogP contribution in [0.4, 0.5) is 24.8 Å². The van der Waals surface area contributed by atoms with E-state index in [9.17, 15) is 18.0 Å². The van der Waals surface area contributed by atoms with Crippen molar-refractivity contribution in [2.45, 2.75) is 6.18 Å². The first-order valence-corrected chi connectivity index (χ1v) is 5.96. The molecule has 0 saturated carbocycles. The van der Waals surface area contributed by atoms with Gasteiger partial charge in [0.05, 0.1) is 11.3 Å². The average Bonchev–Trinajstić information content (AvgIpc) is 2.46. The maximum atomic E-state index is 12.8. The Morgan fingerprint density at radius 2 is 2.05 bits per heavy atom. The molecule has 2 rings (SSSR count). The molecule has 1 aromatic heterocycles. The number of benzene rings is 1. The minimum absolute atomic E-state index is 0.199. The number of nitriles is 1. The second-order valence-electron chi connectivity index (χ2n) is 4.14. The molecule has 0 aliphatic heterocycles. The van der Waals surface area contributed by atoms with Crippen LogP contribution in [0.5, 0.6) is 0 Å². The van der Waals surface area contributed by atoms with Gasteiger partial charge in [-0.25, -0.2) is 4.98 Å². The van der Waals surface area contributed by atoms with E-state index in [1.807, 2.05) is 6.07 Å². The van der Waals surface area contributed by atoms with Crippen molar-refractivity contribution in [1.82, 2.24) is 9.55 Å². The molecule has 0 bridgehead atoms. The fraction of sp³-hybridized carbons (Fsp3) is 0.0714. The van der Waals surface area contributed by atoms with Crippen LogP contribution in [0.25, 0.3) is 6.20 Å². The van der Waals surface area contributed by atoms with Gasteiger partial charge in [0.1, 0.15) is 6.07 Å². The van der Waals surface area contributed by atoms with Crippen LogP contribution in [0.2, 0.25) is 0 Å². The van der Waals surface area contributed by atoms with E-state index < -0.39 is 17.4 Å². The van der Waals surface area contributed by atoms with Gasteiger partial charge in [-0.3, -0.25) is 9.36 Å². The molecular weight excluding hydrogens is 297 g/mol. The molecular formula is C14H9F3N4O. The molecule has 5 nitrogen and oxygen atoms in total. The number of anilines is 2. The van der Waals surface area contributed by atoms with Crippen molar-refractivity contribution in [3.63, 3.8) is 0 Å². The molecule has 112 valence electrons. The van der Waals surface area contributed by atoms with E-state index in [2.05, 4.69) is 16.9 Å². The lowest BCUT2D eigenvalue weighted by Gasteiger charge is -2.13. The summed E-state index contributed by atoms with van der Waals surface area (Å²) in [6.07, 6.45) is -3.72. The van der Waals surface area contributed by atoms with E-state index in [0.717, 1.165) is 10.8 Å². The number of nitrogens with zero attached hydrogens (tertiary/aromatic N) is 3. The number of hydrogen-bond donors (Lipinski definition) is 1. The van der Waals surface area contributed by atoms with Gasteiger partial charge in [-0.2, -0.15) is 18.4 Å². The van der Waals surface area contributed by atoms with Crippen molar-refractivity contribution in [1.29, 1.82) is 5.26 Å². The quantitative estimate of drug-likeness (QED) is 0.946. The van der Waals surface area contributed by atoms with Crippen LogP contribution in [0.1, 0.15) is 11.3 Å². The van der Waals surface area contributed by atoms with Gasteiger partial charge in [0, 0.05) is 12.3 Å². The van der Waals surface area contributed by atoms with Crippen LogP contribution in [0, 0.1) is 11.3 Å². The minimum atomic E-state index is -4.76. The monoisotopic (exact) mass is 306 g/mol. The van der Waals surface area contributed by atoms with Crippen molar-refractivity contribution in [2.24, 2.45) is 0 Å². The predicted molar refractivity (Wildman–Crippen MR) is 74.3 cm³/mol. The van der Waals surface area contributed by atoms with Gasteiger partial charge in [-0.1, -0.05) is 18.7 Å². The molecule has 0 atom stereocenters. The van der Waals surface area contributed by atoms with E-state index in [-0.39, 0.29) is 17.2 Å². The third kappa shape index (κ3) is 2.98. The van der Waals surface area contributed by atoms with E-state index in [1.165, 1.54) is 12.1 Å². The lowest BCUT2D eigenvalue weighted by molar-refractivity contribution is -0.141. The summed E-state index contributed by atoms with van der Waals surface area (Å²) < 4.78 is 39.1. The summed E-state index contributed by atoms with van der Waals surface area (Å²) in [6, 6.07) is 8.42. The third-order valence-electron chi connectivity index (χ3n) is 2.72. The van der Waals surface area contributed by atoms with Crippen molar-refractivity contribution in [3.05, 3.63) is 58.5 Å². The highest BCUT2D eigenvalue weighted by atomic mass is 19.4. The Morgan fingerprint density at radius 3 is 2.64 bits per heavy atom. The van der Waals surface area contributed by atoms with Crippen molar-refractivity contribution in [3.8, 4) is 6.07 Å². The Kier molecular flexibility index (Phi) is 3.99. The zero-order valence-corrected chi connectivity index (χ0v) is 11.1. The highest BCUT2D eigenvalue weighted by Gasteiger charge is 2.34. The molecule has 0 radical (unpaired) electrons. The van der Waals surface area contributed by atoms with Crippen LogP contribution in [0.3, 0.4) is 0 Å². The van der Waals surface area contributed by atoms with Gasteiger partial charge in [0.25, 0.3) is 5.56 Å². The second-order valence-corrected chi connectivity index (χ2v) is 4.14. The van der Waals surface area contributed by atoms with E-state index >= 15 is 0 Å². The fourth-order valence-corrected chi connectivity index (χ4v) is 1.71. The first-order valence-electron chi connectivity index (χ1n) is 5.96. The smallest absolute Gasteiger partial charge is 0.324 e. The Bertz CT molecular complexity index is 818. The number of halogens is 3. The normalized spacial score (nSPS) is 10.8. The summed E-state index contributed by atoms with van der Waals surface area (Å²) in [6.45, 7) is 3.37. The summed E-state index contributed by atoms with van der Waals surface area (Å²) in [5.74, 6) is -0.377. The minimum Gasteiger partial charge on any atom is -0.324 e. The van der Waals surface area contributed by atoms with Crippen molar-refractivity contribution in [2.75, 3.05) is 5.32 Å². The zero-order chi connectivity index (χ0) is 16.3. The molecule has 0 spiro atoms. The number of hydrogen-bond acceptors (Lipinski definition) is 4. The number of aromatic nitrogens is 2. The van der Waals surface area contributed by atoms with Gasteiger partial charge >= 0.3 is 6.18 Å². The molecule has 0 unspecified atom stereocenters. The SMILES string of the molecule is C=Cn1c(Nc2ccccc2C#N)nc(C(F)(F)F)cc1=O. The number of alkyl halides is 3. The van der Waals surface area contributed by atoms with Crippen LogP contribution >= 0.6 is 0 Å². The van der Waals surface area contributed by atoms with Crippen LogP contribution in [-0.4, -0.2) is 9.55 Å². The number of nitrogens with one attached hydrogen (secondary N) is 1. The zero-order valence-electron chi connectivity index (χ0n) is 11.1. The number of rotatable bonds is 3. The molecule has 0 saturated heterocycles. The maximum Gasteiger partial charge on any atom is 0.433 e. The third-order valence-corrected chi connectivity index (χ3v) is 2.72. The molecule has 0 aliphatic carbocycles. The first-order chi connectivity index (χ1) is 10.4. The van der Waals surface area contributed by atoms with Crippen molar-refractivity contribution < 1.29 is 13.2 Å². The lowest BCUT2D eigenvalue weighted by atomic mass is 10.2. The largest absolute Gasteiger partial charge is 0.433 e. The second kappa shape index (κ2) is 5.73. The molecule has 0 amide bonds. The van der Waals surface area contributed by atoms with Gasteiger partial charge in [0.2, 0.25) is 5.95 Å². The van der Waals surface area contributed by atoms with E-state index in [1.54, 1.807) is 12.1 Å². The lowest BCUT2D eigenvalue weighted by Crippen LogP contribution is -2.23. The summed E-state index contributed by atoms with van der Waals surface area (Å²) in [5, 5.41) is 11.5. The highest BCUT2D eigenvalue weighted by molar-refractivity contribution is 5.63. The molecule has 0 aliphatic rings. The van der Waals surface area contributed by atoms with Crippen LogP contribution in [-0.2, 0) is 6.18 Å². The maximum absolute atomic E-state index is 12.8. The highest BCUT2D eigenvalue weighted by Crippen LogP contribution is 2.28. The van der Waals surface area contributed by atoms with Gasteiger partial charge in [0.15, 0.2) is 5.69 Å². The fourth-order valence-electron chi connectivity index (χ4n) is 1.71. The van der Waals surface area contributed by atoms with E-state index in [4.69, 9.17) is 5.26 Å². The molecule has 22 heavy (non-hydrogen) atoms. The topological polar surface area (TPSA) is 70.7 Å². The van der Waals surface area contributed by atoms with Crippen molar-refractivity contribution >= 4 is 17.8 Å². The predicted octanol–water partition coefficient (Wildman–Crippen LogP) is 2.98. The van der Waals surface area contributed by atoms with Gasteiger partial charge in [-0.15, -0.1) is 0 Å². The molecule has 8 heteroatoms. The summed E-state index contributed by atoms with van der Waals surface area (Å²) in [4.78, 5) is 15.1. The molecule has 1 aromatic carbocycles. The Morgan fingerprint density at radius 1 is 1.36 bits per heavy atom. The molecule has 0 fully saturated rings. The first kappa shape index (κ1) is 15.3. The standard InChI is InChI=1S/C14H9F3N4O/c1-2-21-12(22)7-11(14(15,16)17)20-13(21)19-10-6-4-3-5-9(10)8-18/h2-7H,1H2,(H,19,20).